The molecule has 0 saturated carbocycles. The van der Waals surface area contributed by atoms with E-state index in [0.29, 0.717) is 11.1 Å². The molecule has 0 aliphatic carbocycles. The van der Waals surface area contributed by atoms with E-state index in [1.54, 1.807) is 6.07 Å². The van der Waals surface area contributed by atoms with Crippen molar-refractivity contribution < 1.29 is 38.0 Å². The quantitative estimate of drug-likeness (QED) is 0.443. The van der Waals surface area contributed by atoms with Crippen molar-refractivity contribution in [1.29, 1.82) is 0 Å². The van der Waals surface area contributed by atoms with Crippen LogP contribution in [0.4, 0.5) is 13.2 Å². The Balaban J connectivity index is 1.52. The minimum atomic E-state index is -1.48. The van der Waals surface area contributed by atoms with E-state index in [1.165, 1.54) is 42.2 Å². The topological polar surface area (TPSA) is 121 Å². The first-order chi connectivity index (χ1) is 17.2. The van der Waals surface area contributed by atoms with Crippen LogP contribution in [0, 0.1) is 17.5 Å². The summed E-state index contributed by atoms with van der Waals surface area (Å²) in [6.07, 6.45) is -3.90. The Morgan fingerprint density at radius 3 is 2.58 bits per heavy atom. The standard InChI is InChI=1S/C24H25F3N4O5/c1-30(20(33)8-6-13-5-7-16(26)17(27)9-13)24-23(35)21(22(34)19(12-32)36-24)31-11-18(28-29-31)14-3-2-4-15(25)10-14/h2-5,7,9-11,19,21-24,32,34-35H,6,8,12H2,1H3/t19?,21-,22-,23?,24+/m0/s1. The Bertz CT molecular complexity index is 1230. The highest BCUT2D eigenvalue weighted by molar-refractivity contribution is 5.76. The van der Waals surface area contributed by atoms with Crippen molar-refractivity contribution in [2.75, 3.05) is 13.7 Å². The molecular weight excluding hydrogens is 481 g/mol. The number of halogens is 3. The number of carbonyl (C=O) groups excluding carboxylic acids is 1. The lowest BCUT2D eigenvalue weighted by Crippen LogP contribution is -2.61. The van der Waals surface area contributed by atoms with Gasteiger partial charge in [0.15, 0.2) is 17.9 Å². The molecule has 2 unspecified atom stereocenters. The van der Waals surface area contributed by atoms with Crippen molar-refractivity contribution >= 4 is 5.91 Å². The van der Waals surface area contributed by atoms with Gasteiger partial charge < -0.3 is 25.0 Å². The second-order valence-electron chi connectivity index (χ2n) is 8.57. The van der Waals surface area contributed by atoms with Crippen molar-refractivity contribution in [3.05, 3.63) is 71.7 Å². The molecule has 3 N–H and O–H groups in total. The minimum absolute atomic E-state index is 0.0990. The Morgan fingerprint density at radius 2 is 1.89 bits per heavy atom. The van der Waals surface area contributed by atoms with E-state index in [9.17, 15) is 33.3 Å². The molecule has 192 valence electrons. The number of rotatable bonds is 7. The van der Waals surface area contributed by atoms with E-state index in [4.69, 9.17) is 4.74 Å². The van der Waals surface area contributed by atoms with Crippen LogP contribution in [-0.4, -0.2) is 79.3 Å². The maximum absolute atomic E-state index is 13.6. The van der Waals surface area contributed by atoms with Crippen molar-refractivity contribution in [2.45, 2.75) is 43.4 Å². The molecular formula is C24H25F3N4O5. The van der Waals surface area contributed by atoms with E-state index in [0.717, 1.165) is 17.0 Å². The van der Waals surface area contributed by atoms with Crippen LogP contribution in [0.25, 0.3) is 11.3 Å². The van der Waals surface area contributed by atoms with Crippen molar-refractivity contribution in [3.8, 4) is 11.3 Å². The molecule has 1 aromatic heterocycles. The van der Waals surface area contributed by atoms with E-state index in [1.807, 2.05) is 0 Å². The molecule has 2 aromatic carbocycles. The van der Waals surface area contributed by atoms with Crippen LogP contribution >= 0.6 is 0 Å². The Labute approximate surface area is 204 Å². The first-order valence-electron chi connectivity index (χ1n) is 11.2. The molecule has 9 nitrogen and oxygen atoms in total. The molecule has 0 radical (unpaired) electrons. The van der Waals surface area contributed by atoms with E-state index < -0.39 is 60.5 Å². The number of hydrogen-bond donors (Lipinski definition) is 3. The lowest BCUT2D eigenvalue weighted by molar-refractivity contribution is -0.241. The number of nitrogens with zero attached hydrogens (tertiary/aromatic N) is 4. The molecule has 1 fully saturated rings. The summed E-state index contributed by atoms with van der Waals surface area (Å²) in [4.78, 5) is 13.9. The van der Waals surface area contributed by atoms with Gasteiger partial charge in [0, 0.05) is 19.0 Å². The molecule has 12 heteroatoms. The van der Waals surface area contributed by atoms with Crippen molar-refractivity contribution in [2.24, 2.45) is 0 Å². The first-order valence-corrected chi connectivity index (χ1v) is 11.2. The largest absolute Gasteiger partial charge is 0.394 e. The van der Waals surface area contributed by atoms with Crippen LogP contribution in [0.1, 0.15) is 18.0 Å². The number of amides is 1. The summed E-state index contributed by atoms with van der Waals surface area (Å²) in [6, 6.07) is 7.84. The molecule has 5 atom stereocenters. The maximum Gasteiger partial charge on any atom is 0.224 e. The zero-order valence-corrected chi connectivity index (χ0v) is 19.2. The number of likely N-dealkylation sites (N-methyl/N-ethyl adjacent to an activating group) is 1. The van der Waals surface area contributed by atoms with Gasteiger partial charge in [0.2, 0.25) is 5.91 Å². The van der Waals surface area contributed by atoms with Gasteiger partial charge in [-0.2, -0.15) is 0 Å². The Morgan fingerprint density at radius 1 is 1.11 bits per heavy atom. The summed E-state index contributed by atoms with van der Waals surface area (Å²) < 4.78 is 47.0. The average molecular weight is 506 g/mol. The second-order valence-corrected chi connectivity index (χ2v) is 8.57. The third kappa shape index (κ3) is 5.26. The normalized spacial score (nSPS) is 24.0. The van der Waals surface area contributed by atoms with Gasteiger partial charge in [0.25, 0.3) is 0 Å². The number of aliphatic hydroxyl groups excluding tert-OH is 3. The zero-order valence-electron chi connectivity index (χ0n) is 19.2. The summed E-state index contributed by atoms with van der Waals surface area (Å²) in [7, 11) is 1.38. The summed E-state index contributed by atoms with van der Waals surface area (Å²) in [5, 5.41) is 39.5. The average Bonchev–Trinajstić information content (AvgIpc) is 3.34. The van der Waals surface area contributed by atoms with E-state index in [-0.39, 0.29) is 18.5 Å². The number of hydrogen-bond acceptors (Lipinski definition) is 7. The molecule has 36 heavy (non-hydrogen) atoms. The SMILES string of the molecule is CN(C(=O)CCc1ccc(F)c(F)c1)[C@@H]1OC(CO)[C@H](O)[C@H](n2cc(-c3cccc(F)c3)nn2)C1O. The van der Waals surface area contributed by atoms with Gasteiger partial charge in [0.05, 0.1) is 12.8 Å². The zero-order chi connectivity index (χ0) is 26.0. The lowest BCUT2D eigenvalue weighted by atomic mass is 9.94. The highest BCUT2D eigenvalue weighted by atomic mass is 19.2. The predicted molar refractivity (Wildman–Crippen MR) is 120 cm³/mol. The van der Waals surface area contributed by atoms with Gasteiger partial charge in [0.1, 0.15) is 35.9 Å². The van der Waals surface area contributed by atoms with Crippen LogP contribution in [0.15, 0.2) is 48.7 Å². The van der Waals surface area contributed by atoms with E-state index in [2.05, 4.69) is 10.3 Å². The number of benzene rings is 2. The van der Waals surface area contributed by atoms with Gasteiger partial charge in [-0.3, -0.25) is 4.79 Å². The fourth-order valence-electron chi connectivity index (χ4n) is 4.18. The van der Waals surface area contributed by atoms with Crippen molar-refractivity contribution in [3.63, 3.8) is 0 Å². The summed E-state index contributed by atoms with van der Waals surface area (Å²) in [5.74, 6) is -2.96. The Kier molecular flexibility index (Phi) is 7.69. The van der Waals surface area contributed by atoms with Crippen LogP contribution < -0.4 is 0 Å². The van der Waals surface area contributed by atoms with E-state index >= 15 is 0 Å². The fraction of sp³-hybridized carbons (Fsp3) is 0.375. The third-order valence-corrected chi connectivity index (χ3v) is 6.19. The Hall–Kier alpha value is -3.32. The fourth-order valence-corrected chi connectivity index (χ4v) is 4.18. The van der Waals surface area contributed by atoms with Crippen molar-refractivity contribution in [1.82, 2.24) is 19.9 Å². The molecule has 2 heterocycles. The maximum atomic E-state index is 13.6. The first kappa shape index (κ1) is 25.8. The van der Waals surface area contributed by atoms with Gasteiger partial charge >= 0.3 is 0 Å². The summed E-state index contributed by atoms with van der Waals surface area (Å²) in [5.41, 5.74) is 1.13. The molecule has 1 amide bonds. The smallest absolute Gasteiger partial charge is 0.224 e. The second kappa shape index (κ2) is 10.7. The van der Waals surface area contributed by atoms with Crippen LogP contribution in [0.2, 0.25) is 0 Å². The molecule has 1 aliphatic rings. The number of aryl methyl sites for hydroxylation is 1. The molecule has 1 saturated heterocycles. The highest BCUT2D eigenvalue weighted by Gasteiger charge is 2.48. The molecule has 0 bridgehead atoms. The van der Waals surface area contributed by atoms with Gasteiger partial charge in [-0.15, -0.1) is 5.10 Å². The summed E-state index contributed by atoms with van der Waals surface area (Å²) >= 11 is 0. The molecule has 0 spiro atoms. The number of ether oxygens (including phenoxy) is 1. The number of aliphatic hydroxyl groups is 3. The molecule has 3 aromatic rings. The number of aromatic nitrogens is 3. The predicted octanol–water partition coefficient (Wildman–Crippen LogP) is 1.43. The lowest BCUT2D eigenvalue weighted by Gasteiger charge is -2.45. The summed E-state index contributed by atoms with van der Waals surface area (Å²) in [6.45, 7) is -0.608. The number of carbonyl (C=O) groups is 1. The third-order valence-electron chi connectivity index (χ3n) is 6.19. The molecule has 4 rings (SSSR count). The molecule has 1 aliphatic heterocycles. The van der Waals surface area contributed by atoms with Crippen LogP contribution in [-0.2, 0) is 16.0 Å². The van der Waals surface area contributed by atoms with Crippen LogP contribution in [0.3, 0.4) is 0 Å². The van der Waals surface area contributed by atoms with Crippen LogP contribution in [0.5, 0.6) is 0 Å². The highest BCUT2D eigenvalue weighted by Crippen LogP contribution is 2.32. The van der Waals surface area contributed by atoms with Gasteiger partial charge in [-0.25, -0.2) is 17.9 Å². The monoisotopic (exact) mass is 506 g/mol. The minimum Gasteiger partial charge on any atom is -0.394 e. The van der Waals surface area contributed by atoms with Gasteiger partial charge in [-0.1, -0.05) is 23.4 Å². The van der Waals surface area contributed by atoms with Gasteiger partial charge in [-0.05, 0) is 36.2 Å².